The Kier molecular flexibility index (Phi) is 8.10. The molecule has 1 unspecified atom stereocenters. The second-order valence-corrected chi connectivity index (χ2v) is 10.2. The second-order valence-electron chi connectivity index (χ2n) is 10.2. The standard InChI is InChI=1S/C28H39FN2O/c1-20(2)26-17-28(18-27(32-26)21(3)4,23-9-11-24(29)12-10-23)15-16-30-19-22-7-13-25(14-8-22)31(5)6/h7-14,19-21,26-27H,15-18H2,1-6H3/t26-,27+,28?. The minimum Gasteiger partial charge on any atom is -0.378 e. The Morgan fingerprint density at radius 1 is 0.969 bits per heavy atom. The Hall–Kier alpha value is -2.20. The fourth-order valence-corrected chi connectivity index (χ4v) is 4.65. The highest BCUT2D eigenvalue weighted by Crippen LogP contribution is 2.45. The van der Waals surface area contributed by atoms with Crippen LogP contribution in [-0.2, 0) is 10.2 Å². The SMILES string of the molecule is CC(C)[C@@H]1CC(CCN=Cc2ccc(N(C)C)cc2)(c2ccc(F)cc2)C[C@H](C(C)C)O1. The average molecular weight is 439 g/mol. The molecule has 0 N–H and O–H groups in total. The molecule has 1 fully saturated rings. The van der Waals surface area contributed by atoms with E-state index in [0.29, 0.717) is 11.8 Å². The average Bonchev–Trinajstić information content (AvgIpc) is 2.77. The van der Waals surface area contributed by atoms with Gasteiger partial charge in [-0.05, 0) is 66.5 Å². The minimum atomic E-state index is -0.184. The smallest absolute Gasteiger partial charge is 0.123 e. The molecule has 0 saturated carbocycles. The van der Waals surface area contributed by atoms with Crippen LogP contribution in [0.4, 0.5) is 10.1 Å². The number of hydrogen-bond acceptors (Lipinski definition) is 3. The molecule has 32 heavy (non-hydrogen) atoms. The van der Waals surface area contributed by atoms with Crippen molar-refractivity contribution in [3.05, 3.63) is 65.5 Å². The number of benzene rings is 2. The van der Waals surface area contributed by atoms with Gasteiger partial charge < -0.3 is 9.64 Å². The zero-order valence-corrected chi connectivity index (χ0v) is 20.5. The third-order valence-electron chi connectivity index (χ3n) is 6.85. The van der Waals surface area contributed by atoms with Crippen LogP contribution in [0.25, 0.3) is 0 Å². The highest BCUT2D eigenvalue weighted by Gasteiger charge is 2.43. The lowest BCUT2D eigenvalue weighted by atomic mass is 9.66. The van der Waals surface area contributed by atoms with Gasteiger partial charge in [0.25, 0.3) is 0 Å². The summed E-state index contributed by atoms with van der Waals surface area (Å²) in [7, 11) is 4.08. The molecule has 1 saturated heterocycles. The number of rotatable bonds is 8. The van der Waals surface area contributed by atoms with Crippen molar-refractivity contribution < 1.29 is 9.13 Å². The molecule has 2 aromatic carbocycles. The molecular formula is C28H39FN2O. The zero-order valence-electron chi connectivity index (χ0n) is 20.5. The molecule has 0 radical (unpaired) electrons. The number of nitrogens with zero attached hydrogens (tertiary/aromatic N) is 2. The van der Waals surface area contributed by atoms with Gasteiger partial charge in [-0.25, -0.2) is 4.39 Å². The van der Waals surface area contributed by atoms with Crippen molar-refractivity contribution in [3.63, 3.8) is 0 Å². The van der Waals surface area contributed by atoms with E-state index in [9.17, 15) is 4.39 Å². The van der Waals surface area contributed by atoms with Gasteiger partial charge in [-0.2, -0.15) is 0 Å². The number of ether oxygens (including phenoxy) is 1. The van der Waals surface area contributed by atoms with E-state index in [2.05, 4.69) is 56.9 Å². The summed E-state index contributed by atoms with van der Waals surface area (Å²) in [5, 5.41) is 0. The van der Waals surface area contributed by atoms with Crippen molar-refractivity contribution in [2.24, 2.45) is 16.8 Å². The number of halogens is 1. The lowest BCUT2D eigenvalue weighted by Crippen LogP contribution is -2.47. The minimum absolute atomic E-state index is 0.0536. The van der Waals surface area contributed by atoms with E-state index in [1.54, 1.807) is 12.1 Å². The lowest BCUT2D eigenvalue weighted by molar-refractivity contribution is -0.118. The maximum absolute atomic E-state index is 13.7. The first-order valence-corrected chi connectivity index (χ1v) is 11.9. The van der Waals surface area contributed by atoms with Gasteiger partial charge in [-0.1, -0.05) is 52.0 Å². The van der Waals surface area contributed by atoms with Crippen LogP contribution in [0, 0.1) is 17.7 Å². The van der Waals surface area contributed by atoms with E-state index < -0.39 is 0 Å². The predicted molar refractivity (Wildman–Crippen MR) is 133 cm³/mol. The maximum atomic E-state index is 13.7. The summed E-state index contributed by atoms with van der Waals surface area (Å²) >= 11 is 0. The van der Waals surface area contributed by atoms with Gasteiger partial charge in [0.05, 0.1) is 12.2 Å². The van der Waals surface area contributed by atoms with E-state index >= 15 is 0 Å². The zero-order chi connectivity index (χ0) is 23.3. The molecule has 0 bridgehead atoms. The van der Waals surface area contributed by atoms with Crippen LogP contribution in [-0.4, -0.2) is 39.1 Å². The summed E-state index contributed by atoms with van der Waals surface area (Å²) in [5.41, 5.74) is 3.45. The number of hydrogen-bond donors (Lipinski definition) is 0. The van der Waals surface area contributed by atoms with E-state index in [0.717, 1.165) is 31.4 Å². The first-order chi connectivity index (χ1) is 15.2. The molecule has 3 nitrogen and oxygen atoms in total. The van der Waals surface area contributed by atoms with E-state index in [1.807, 2.05) is 32.4 Å². The van der Waals surface area contributed by atoms with E-state index in [1.165, 1.54) is 11.3 Å². The number of aliphatic imine (C=N–C) groups is 1. The van der Waals surface area contributed by atoms with Gasteiger partial charge in [0.2, 0.25) is 0 Å². The van der Waals surface area contributed by atoms with Crippen LogP contribution in [0.5, 0.6) is 0 Å². The summed E-state index contributed by atoms with van der Waals surface area (Å²) in [5.74, 6) is 0.696. The first kappa shape index (κ1) is 24.4. The van der Waals surface area contributed by atoms with Crippen molar-refractivity contribution in [3.8, 4) is 0 Å². The molecule has 3 rings (SSSR count). The molecule has 0 aliphatic carbocycles. The van der Waals surface area contributed by atoms with Gasteiger partial charge >= 0.3 is 0 Å². The third kappa shape index (κ3) is 5.98. The van der Waals surface area contributed by atoms with Gasteiger partial charge in [0, 0.05) is 38.0 Å². The molecule has 0 spiro atoms. The summed E-state index contributed by atoms with van der Waals surface area (Å²) in [6.45, 7) is 9.68. The Balaban J connectivity index is 1.82. The summed E-state index contributed by atoms with van der Waals surface area (Å²) in [6, 6.07) is 15.6. The van der Waals surface area contributed by atoms with Crippen LogP contribution in [0.2, 0.25) is 0 Å². The Morgan fingerprint density at radius 3 is 2.03 bits per heavy atom. The topological polar surface area (TPSA) is 24.8 Å². The highest BCUT2D eigenvalue weighted by atomic mass is 19.1. The Bertz CT molecular complexity index is 855. The largest absolute Gasteiger partial charge is 0.378 e. The van der Waals surface area contributed by atoms with Crippen LogP contribution < -0.4 is 4.90 Å². The number of anilines is 1. The van der Waals surface area contributed by atoms with Gasteiger partial charge in [-0.15, -0.1) is 0 Å². The monoisotopic (exact) mass is 438 g/mol. The fourth-order valence-electron chi connectivity index (χ4n) is 4.65. The van der Waals surface area contributed by atoms with Crippen molar-refractivity contribution in [1.82, 2.24) is 0 Å². The van der Waals surface area contributed by atoms with Gasteiger partial charge in [0.1, 0.15) is 5.82 Å². The molecule has 1 aliphatic heterocycles. The van der Waals surface area contributed by atoms with Gasteiger partial charge in [-0.3, -0.25) is 4.99 Å². The van der Waals surface area contributed by atoms with Crippen LogP contribution in [0.15, 0.2) is 53.5 Å². The Morgan fingerprint density at radius 2 is 1.53 bits per heavy atom. The molecule has 1 aliphatic rings. The quantitative estimate of drug-likeness (QED) is 0.440. The molecular weight excluding hydrogens is 399 g/mol. The van der Waals surface area contributed by atoms with Crippen LogP contribution in [0.3, 0.4) is 0 Å². The van der Waals surface area contributed by atoms with Crippen molar-refractivity contribution >= 4 is 11.9 Å². The second kappa shape index (κ2) is 10.6. The molecule has 0 aromatic heterocycles. The molecule has 174 valence electrons. The maximum Gasteiger partial charge on any atom is 0.123 e. The highest BCUT2D eigenvalue weighted by molar-refractivity contribution is 5.80. The molecule has 4 heteroatoms. The summed E-state index contributed by atoms with van der Waals surface area (Å²) < 4.78 is 20.2. The van der Waals surface area contributed by atoms with E-state index in [-0.39, 0.29) is 23.4 Å². The molecule has 2 aromatic rings. The van der Waals surface area contributed by atoms with Crippen LogP contribution in [0.1, 0.15) is 58.1 Å². The summed E-state index contributed by atoms with van der Waals surface area (Å²) in [6.07, 6.45) is 5.20. The van der Waals surface area contributed by atoms with Gasteiger partial charge in [0.15, 0.2) is 0 Å². The van der Waals surface area contributed by atoms with Crippen molar-refractivity contribution in [2.45, 2.75) is 64.6 Å². The fraction of sp³-hybridized carbons (Fsp3) is 0.536. The molecule has 3 atom stereocenters. The predicted octanol–water partition coefficient (Wildman–Crippen LogP) is 6.50. The first-order valence-electron chi connectivity index (χ1n) is 11.9. The van der Waals surface area contributed by atoms with Crippen molar-refractivity contribution in [2.75, 3.05) is 25.5 Å². The lowest BCUT2D eigenvalue weighted by Gasteiger charge is -2.47. The van der Waals surface area contributed by atoms with E-state index in [4.69, 9.17) is 9.73 Å². The third-order valence-corrected chi connectivity index (χ3v) is 6.85. The normalized spacial score (nSPS) is 23.9. The molecule has 0 amide bonds. The molecule has 1 heterocycles. The Labute approximate surface area is 193 Å². The summed E-state index contributed by atoms with van der Waals surface area (Å²) in [4.78, 5) is 6.88. The van der Waals surface area contributed by atoms with Crippen LogP contribution >= 0.6 is 0 Å². The van der Waals surface area contributed by atoms with Crippen molar-refractivity contribution in [1.29, 1.82) is 0 Å².